The highest BCUT2D eigenvalue weighted by molar-refractivity contribution is 14.1. The van der Waals surface area contributed by atoms with E-state index in [9.17, 15) is 14.0 Å². The van der Waals surface area contributed by atoms with Gasteiger partial charge in [0.2, 0.25) is 6.04 Å². The van der Waals surface area contributed by atoms with Crippen LogP contribution in [0.5, 0.6) is 0 Å². The van der Waals surface area contributed by atoms with E-state index in [0.29, 0.717) is 0 Å². The van der Waals surface area contributed by atoms with E-state index >= 15 is 0 Å². The first kappa shape index (κ1) is 16.6. The summed E-state index contributed by atoms with van der Waals surface area (Å²) in [4.78, 5) is 23.1. The van der Waals surface area contributed by atoms with Gasteiger partial charge >= 0.3 is 5.97 Å². The van der Waals surface area contributed by atoms with Gasteiger partial charge in [0.1, 0.15) is 12.3 Å². The highest BCUT2D eigenvalue weighted by atomic mass is 127. The number of carbonyl (C=O) groups is 2. The molecule has 1 unspecified atom stereocenters. The molecule has 0 aromatic heterocycles. The van der Waals surface area contributed by atoms with E-state index in [-0.39, 0.29) is 12.3 Å². The van der Waals surface area contributed by atoms with Crippen LogP contribution >= 0.6 is 22.6 Å². The average molecular weight is 394 g/mol. The molecule has 20 heavy (non-hydrogen) atoms. The number of Topliss-reactive ketones (excluding diaryl/α,β-unsaturated/α-hetero) is 1. The maximum absolute atomic E-state index is 13.5. The number of methoxy groups -OCH3 is 2. The minimum absolute atomic E-state index is 0.0592. The monoisotopic (exact) mass is 394 g/mol. The van der Waals surface area contributed by atoms with Crippen LogP contribution in [0, 0.1) is 9.39 Å². The number of hydrogen-bond donors (Lipinski definition) is 0. The fourth-order valence-electron chi connectivity index (χ4n) is 1.26. The molecule has 1 rings (SSSR count). The van der Waals surface area contributed by atoms with E-state index in [4.69, 9.17) is 0 Å². The van der Waals surface area contributed by atoms with Crippen LogP contribution in [0.1, 0.15) is 0 Å². The van der Waals surface area contributed by atoms with E-state index in [2.05, 4.69) is 19.7 Å². The van der Waals surface area contributed by atoms with Crippen molar-refractivity contribution in [2.24, 2.45) is 10.2 Å². The van der Waals surface area contributed by atoms with Crippen LogP contribution in [-0.4, -0.2) is 38.6 Å². The molecule has 0 aliphatic rings. The second-order valence-electron chi connectivity index (χ2n) is 3.64. The Morgan fingerprint density at radius 2 is 2.10 bits per heavy atom. The van der Waals surface area contributed by atoms with Crippen molar-refractivity contribution < 1.29 is 23.5 Å². The van der Waals surface area contributed by atoms with Crippen molar-refractivity contribution in [1.82, 2.24) is 0 Å². The van der Waals surface area contributed by atoms with E-state index in [1.807, 2.05) is 22.6 Å². The van der Waals surface area contributed by atoms with Crippen LogP contribution in [-0.2, 0) is 19.1 Å². The number of carbonyl (C=O) groups excluding carboxylic acids is 2. The number of benzene rings is 1. The summed E-state index contributed by atoms with van der Waals surface area (Å²) in [6.07, 6.45) is 0. The molecule has 108 valence electrons. The highest BCUT2D eigenvalue weighted by Gasteiger charge is 2.27. The summed E-state index contributed by atoms with van der Waals surface area (Å²) in [5, 5.41) is 7.17. The predicted molar refractivity (Wildman–Crippen MR) is 76.3 cm³/mol. The Kier molecular flexibility index (Phi) is 6.65. The number of ketones is 1. The molecule has 0 spiro atoms. The first-order chi connectivity index (χ1) is 9.49. The smallest absolute Gasteiger partial charge is 0.340 e. The van der Waals surface area contributed by atoms with Gasteiger partial charge in [-0.1, -0.05) is 0 Å². The predicted octanol–water partition coefficient (Wildman–Crippen LogP) is 2.27. The Balaban J connectivity index is 2.99. The van der Waals surface area contributed by atoms with Gasteiger partial charge < -0.3 is 9.47 Å². The lowest BCUT2D eigenvalue weighted by atomic mass is 10.2. The summed E-state index contributed by atoms with van der Waals surface area (Å²) < 4.78 is 23.3. The third-order valence-electron chi connectivity index (χ3n) is 2.21. The number of ether oxygens (including phenoxy) is 2. The molecule has 1 aromatic carbocycles. The van der Waals surface area contributed by atoms with Crippen molar-refractivity contribution in [3.05, 3.63) is 27.6 Å². The Labute approximate surface area is 128 Å². The van der Waals surface area contributed by atoms with Crippen LogP contribution in [0.4, 0.5) is 10.1 Å². The Morgan fingerprint density at radius 3 is 2.70 bits per heavy atom. The van der Waals surface area contributed by atoms with Crippen LogP contribution in [0.25, 0.3) is 0 Å². The van der Waals surface area contributed by atoms with E-state index in [0.717, 1.165) is 10.7 Å². The summed E-state index contributed by atoms with van der Waals surface area (Å²) in [7, 11) is 2.43. The lowest BCUT2D eigenvalue weighted by Crippen LogP contribution is -2.31. The van der Waals surface area contributed by atoms with Crippen LogP contribution in [0.3, 0.4) is 0 Å². The number of rotatable bonds is 6. The minimum atomic E-state index is -1.46. The SMILES string of the molecule is COCC(=O)C(N=Nc1cc(I)ccc1F)C(=O)OC. The number of esters is 1. The molecule has 0 N–H and O–H groups in total. The molecule has 0 amide bonds. The van der Waals surface area contributed by atoms with Gasteiger partial charge in [-0.2, -0.15) is 10.2 Å². The number of azo groups is 1. The van der Waals surface area contributed by atoms with Gasteiger partial charge in [0.15, 0.2) is 11.6 Å². The zero-order chi connectivity index (χ0) is 15.1. The molecular weight excluding hydrogens is 382 g/mol. The first-order valence-electron chi connectivity index (χ1n) is 5.45. The highest BCUT2D eigenvalue weighted by Crippen LogP contribution is 2.21. The van der Waals surface area contributed by atoms with Gasteiger partial charge in [0.25, 0.3) is 0 Å². The number of nitrogens with zero attached hydrogens (tertiary/aromatic N) is 2. The molecule has 0 saturated heterocycles. The van der Waals surface area contributed by atoms with Gasteiger partial charge in [-0.25, -0.2) is 9.18 Å². The van der Waals surface area contributed by atoms with Crippen LogP contribution < -0.4 is 0 Å². The Bertz CT molecular complexity index is 536. The van der Waals surface area contributed by atoms with Gasteiger partial charge in [0, 0.05) is 10.7 Å². The summed E-state index contributed by atoms with van der Waals surface area (Å²) in [5.41, 5.74) is -0.0592. The lowest BCUT2D eigenvalue weighted by molar-refractivity contribution is -0.146. The average Bonchev–Trinajstić information content (AvgIpc) is 2.42. The fourth-order valence-corrected chi connectivity index (χ4v) is 1.73. The first-order valence-corrected chi connectivity index (χ1v) is 6.53. The van der Waals surface area contributed by atoms with Gasteiger partial charge in [-0.3, -0.25) is 4.79 Å². The summed E-state index contributed by atoms with van der Waals surface area (Å²) >= 11 is 1.98. The van der Waals surface area contributed by atoms with Crippen LogP contribution in [0.15, 0.2) is 28.4 Å². The van der Waals surface area contributed by atoms with E-state index < -0.39 is 23.6 Å². The molecule has 0 bridgehead atoms. The Hall–Kier alpha value is -1.42. The van der Waals surface area contributed by atoms with Crippen LogP contribution in [0.2, 0.25) is 0 Å². The molecule has 0 saturated carbocycles. The minimum Gasteiger partial charge on any atom is -0.467 e. The zero-order valence-corrected chi connectivity index (χ0v) is 13.0. The third kappa shape index (κ3) is 4.60. The summed E-state index contributed by atoms with van der Waals surface area (Å²) in [6.45, 7) is -0.312. The maximum atomic E-state index is 13.5. The molecule has 1 atom stereocenters. The second-order valence-corrected chi connectivity index (χ2v) is 4.88. The van der Waals surface area contributed by atoms with Gasteiger partial charge in [-0.15, -0.1) is 0 Å². The third-order valence-corrected chi connectivity index (χ3v) is 2.88. The van der Waals surface area contributed by atoms with E-state index in [1.54, 1.807) is 6.07 Å². The maximum Gasteiger partial charge on any atom is 0.340 e. The van der Waals surface area contributed by atoms with E-state index in [1.165, 1.54) is 19.2 Å². The molecule has 0 aliphatic carbocycles. The topological polar surface area (TPSA) is 77.3 Å². The Morgan fingerprint density at radius 1 is 1.40 bits per heavy atom. The van der Waals surface area contributed by atoms with Crippen molar-refractivity contribution in [2.45, 2.75) is 6.04 Å². The lowest BCUT2D eigenvalue weighted by Gasteiger charge is -2.07. The number of halogens is 2. The van der Waals surface area contributed by atoms with Gasteiger partial charge in [-0.05, 0) is 40.8 Å². The van der Waals surface area contributed by atoms with Crippen molar-refractivity contribution >= 4 is 40.0 Å². The van der Waals surface area contributed by atoms with Gasteiger partial charge in [0.05, 0.1) is 7.11 Å². The number of hydrogen-bond acceptors (Lipinski definition) is 6. The molecular formula is C12H12FIN2O4. The molecule has 0 aliphatic heterocycles. The van der Waals surface area contributed by atoms with Crippen molar-refractivity contribution in [3.8, 4) is 0 Å². The molecule has 0 heterocycles. The molecule has 0 radical (unpaired) electrons. The summed E-state index contributed by atoms with van der Waals surface area (Å²) in [6, 6.07) is 2.76. The standard InChI is InChI=1S/C12H12FIN2O4/c1-19-6-10(17)11(12(18)20-2)16-15-9-5-7(14)3-4-8(9)13/h3-5,11H,6H2,1-2H3. The fraction of sp³-hybridized carbons (Fsp3) is 0.333. The molecule has 1 aromatic rings. The quantitative estimate of drug-likeness (QED) is 0.321. The normalized spacial score (nSPS) is 12.4. The molecule has 8 heteroatoms. The molecule has 0 fully saturated rings. The largest absolute Gasteiger partial charge is 0.467 e. The van der Waals surface area contributed by atoms with Crippen molar-refractivity contribution in [1.29, 1.82) is 0 Å². The van der Waals surface area contributed by atoms with Crippen molar-refractivity contribution in [3.63, 3.8) is 0 Å². The van der Waals surface area contributed by atoms with Crippen molar-refractivity contribution in [2.75, 3.05) is 20.8 Å². The zero-order valence-electron chi connectivity index (χ0n) is 10.8. The molecule has 6 nitrogen and oxygen atoms in total. The summed E-state index contributed by atoms with van der Waals surface area (Å²) in [5.74, 6) is -2.09. The second kappa shape index (κ2) is 8.00.